The minimum Gasteiger partial charge on any atom is -0.456 e. The number of para-hydroxylation sites is 2. The number of hydrogen-bond donors (Lipinski definition) is 0. The molecule has 0 saturated heterocycles. The highest BCUT2D eigenvalue weighted by molar-refractivity contribution is 6.15. The Bertz CT molecular complexity index is 3190. The van der Waals surface area contributed by atoms with Gasteiger partial charge in [0.1, 0.15) is 11.2 Å². The van der Waals surface area contributed by atoms with Gasteiger partial charge in [-0.2, -0.15) is 0 Å². The normalized spacial score (nSPS) is 25.4. The predicted molar refractivity (Wildman–Crippen MR) is 238 cm³/mol. The van der Waals surface area contributed by atoms with Crippen molar-refractivity contribution in [2.75, 3.05) is 4.90 Å². The first-order chi connectivity index (χ1) is 28.7. The van der Waals surface area contributed by atoms with Crippen LogP contribution in [0.3, 0.4) is 0 Å². The topological polar surface area (TPSA) is 16.4 Å². The molecule has 6 atom stereocenters. The molecule has 2 bridgehead atoms. The monoisotopic (exact) mass is 743 g/mol. The average molecular weight is 744 g/mol. The highest BCUT2D eigenvalue weighted by Gasteiger charge is 2.84. The standard InChI is InChI=1S/C56H41NO/c1-2-13-35(14-3-1)39-20-10-15-36-16-11-21-43(53(36)39)42-18-5-8-23-47(42)57(48-24-12-26-50-54(48)44-19-6-9-25-49(44)58-50)38-27-28-41-40-17-4-7-22-45(40)56(46(41)32-38)51-30-34-29-37-31-52(56)55(37,51)33-34/h1-28,32,34,37,51-52H,29-31,33H2. The lowest BCUT2D eigenvalue weighted by Gasteiger charge is -2.76. The Kier molecular flexibility index (Phi) is 6.10. The predicted octanol–water partition coefficient (Wildman–Crippen LogP) is 14.9. The minimum absolute atomic E-state index is 0.105. The molecule has 0 radical (unpaired) electrons. The first-order valence-corrected chi connectivity index (χ1v) is 21.3. The number of hydrogen-bond acceptors (Lipinski definition) is 2. The van der Waals surface area contributed by atoms with Gasteiger partial charge in [-0.3, -0.25) is 0 Å². The highest BCUT2D eigenvalue weighted by atomic mass is 16.3. The fourth-order valence-corrected chi connectivity index (χ4v) is 14.1. The molecule has 1 aromatic heterocycles. The van der Waals surface area contributed by atoms with Crippen LogP contribution in [0, 0.1) is 29.1 Å². The summed E-state index contributed by atoms with van der Waals surface area (Å²) in [6, 6.07) is 65.6. The van der Waals surface area contributed by atoms with E-state index in [4.69, 9.17) is 4.42 Å². The van der Waals surface area contributed by atoms with E-state index in [1.807, 2.05) is 0 Å². The maximum atomic E-state index is 6.60. The first-order valence-electron chi connectivity index (χ1n) is 21.3. The zero-order chi connectivity index (χ0) is 37.7. The molecule has 4 saturated carbocycles. The third-order valence-electron chi connectivity index (χ3n) is 15.9. The number of nitrogens with zero attached hydrogens (tertiary/aromatic N) is 1. The van der Waals surface area contributed by atoms with E-state index < -0.39 is 0 Å². The van der Waals surface area contributed by atoms with E-state index in [9.17, 15) is 0 Å². The van der Waals surface area contributed by atoms with Crippen molar-refractivity contribution in [2.45, 2.75) is 31.1 Å². The van der Waals surface area contributed by atoms with E-state index in [0.717, 1.165) is 57.0 Å². The number of anilines is 3. The van der Waals surface area contributed by atoms with E-state index in [1.54, 1.807) is 11.1 Å². The van der Waals surface area contributed by atoms with Crippen LogP contribution in [0.1, 0.15) is 36.8 Å². The van der Waals surface area contributed by atoms with Crippen LogP contribution in [0.15, 0.2) is 180 Å². The van der Waals surface area contributed by atoms with Crippen LogP contribution in [0.4, 0.5) is 17.1 Å². The molecule has 5 aliphatic carbocycles. The summed E-state index contributed by atoms with van der Waals surface area (Å²) in [4.78, 5) is 2.57. The van der Waals surface area contributed by atoms with Gasteiger partial charge in [0.2, 0.25) is 0 Å². The van der Waals surface area contributed by atoms with Gasteiger partial charge >= 0.3 is 0 Å². The molecule has 1 heterocycles. The Hall–Kier alpha value is -6.38. The molecule has 2 spiro atoms. The van der Waals surface area contributed by atoms with Gasteiger partial charge in [-0.05, 0) is 141 Å². The Labute approximate surface area is 338 Å². The third-order valence-corrected chi connectivity index (χ3v) is 15.9. The summed E-state index contributed by atoms with van der Waals surface area (Å²) >= 11 is 0. The van der Waals surface area contributed by atoms with Crippen molar-refractivity contribution < 1.29 is 4.42 Å². The van der Waals surface area contributed by atoms with Crippen molar-refractivity contribution in [2.24, 2.45) is 29.1 Å². The van der Waals surface area contributed by atoms with Gasteiger partial charge in [0.05, 0.1) is 16.8 Å². The quantitative estimate of drug-likeness (QED) is 0.175. The van der Waals surface area contributed by atoms with Crippen molar-refractivity contribution >= 4 is 49.8 Å². The van der Waals surface area contributed by atoms with Crippen LogP contribution in [-0.4, -0.2) is 0 Å². The van der Waals surface area contributed by atoms with Crippen molar-refractivity contribution in [3.8, 4) is 33.4 Å². The smallest absolute Gasteiger partial charge is 0.137 e. The molecule has 276 valence electrons. The van der Waals surface area contributed by atoms with Gasteiger partial charge < -0.3 is 9.32 Å². The lowest BCUT2D eigenvalue weighted by Crippen LogP contribution is -2.73. The van der Waals surface area contributed by atoms with Crippen LogP contribution >= 0.6 is 0 Å². The molecule has 6 unspecified atom stereocenters. The largest absolute Gasteiger partial charge is 0.456 e. The molecule has 4 fully saturated rings. The molecule has 14 rings (SSSR count). The lowest BCUT2D eigenvalue weighted by molar-refractivity contribution is -0.231. The molecular formula is C56H41NO. The molecule has 58 heavy (non-hydrogen) atoms. The SMILES string of the molecule is c1ccc(-c2cccc3cccc(-c4ccccc4N(c4ccc5c(c4)C4(c6ccccc6-5)C5CC6CC7CC4C75C6)c4cccc5oc6ccccc6c45)c23)cc1. The van der Waals surface area contributed by atoms with Crippen molar-refractivity contribution in [1.29, 1.82) is 0 Å². The molecule has 2 nitrogen and oxygen atoms in total. The Morgan fingerprint density at radius 2 is 1.17 bits per heavy atom. The van der Waals surface area contributed by atoms with Crippen LogP contribution in [0.2, 0.25) is 0 Å². The second-order valence-corrected chi connectivity index (χ2v) is 18.0. The summed E-state index contributed by atoms with van der Waals surface area (Å²) in [5.41, 5.74) is 17.0. The summed E-state index contributed by atoms with van der Waals surface area (Å²) in [5.74, 6) is 3.35. The second-order valence-electron chi connectivity index (χ2n) is 18.0. The summed E-state index contributed by atoms with van der Waals surface area (Å²) in [5, 5.41) is 4.80. The minimum atomic E-state index is 0.105. The second kappa shape index (κ2) is 11.2. The van der Waals surface area contributed by atoms with Crippen LogP contribution < -0.4 is 4.90 Å². The zero-order valence-corrected chi connectivity index (χ0v) is 32.2. The molecule has 2 heteroatoms. The van der Waals surface area contributed by atoms with Crippen LogP contribution in [-0.2, 0) is 5.41 Å². The average Bonchev–Trinajstić information content (AvgIpc) is 4.01. The lowest BCUT2D eigenvalue weighted by atomic mass is 9.27. The van der Waals surface area contributed by atoms with Crippen LogP contribution in [0.5, 0.6) is 0 Å². The summed E-state index contributed by atoms with van der Waals surface area (Å²) in [6.07, 6.45) is 5.73. The Balaban J connectivity index is 1.05. The van der Waals surface area contributed by atoms with Gasteiger partial charge in [-0.15, -0.1) is 0 Å². The molecular weight excluding hydrogens is 703 g/mol. The van der Waals surface area contributed by atoms with Gasteiger partial charge in [0.15, 0.2) is 0 Å². The van der Waals surface area contributed by atoms with E-state index in [1.165, 1.54) is 75.5 Å². The summed E-state index contributed by atoms with van der Waals surface area (Å²) in [6.45, 7) is 0. The molecule has 0 aliphatic heterocycles. The maximum absolute atomic E-state index is 6.60. The van der Waals surface area contributed by atoms with Crippen LogP contribution in [0.25, 0.3) is 66.1 Å². The third kappa shape index (κ3) is 3.76. The summed E-state index contributed by atoms with van der Waals surface area (Å²) < 4.78 is 6.60. The van der Waals surface area contributed by atoms with E-state index in [2.05, 4.69) is 181 Å². The zero-order valence-electron chi connectivity index (χ0n) is 32.2. The molecule has 5 aliphatic rings. The van der Waals surface area contributed by atoms with E-state index in [-0.39, 0.29) is 5.41 Å². The Morgan fingerprint density at radius 1 is 0.483 bits per heavy atom. The molecule has 0 N–H and O–H groups in total. The van der Waals surface area contributed by atoms with Gasteiger partial charge in [0.25, 0.3) is 0 Å². The maximum Gasteiger partial charge on any atom is 0.137 e. The fraction of sp³-hybridized carbons (Fsp3) is 0.179. The molecule has 9 aromatic rings. The Morgan fingerprint density at radius 3 is 2.07 bits per heavy atom. The number of furan rings is 1. The van der Waals surface area contributed by atoms with Crippen molar-refractivity contribution in [1.82, 2.24) is 0 Å². The van der Waals surface area contributed by atoms with Crippen molar-refractivity contribution in [3.05, 3.63) is 187 Å². The summed E-state index contributed by atoms with van der Waals surface area (Å²) in [7, 11) is 0. The molecule has 0 amide bonds. The van der Waals surface area contributed by atoms with Crippen molar-refractivity contribution in [3.63, 3.8) is 0 Å². The number of benzene rings is 8. The molecule has 8 aromatic carbocycles. The van der Waals surface area contributed by atoms with Gasteiger partial charge in [0, 0.05) is 22.1 Å². The highest BCUT2D eigenvalue weighted by Crippen LogP contribution is 2.89. The van der Waals surface area contributed by atoms with Gasteiger partial charge in [-0.25, -0.2) is 0 Å². The number of rotatable bonds is 5. The van der Waals surface area contributed by atoms with E-state index >= 15 is 0 Å². The van der Waals surface area contributed by atoms with E-state index in [0.29, 0.717) is 5.41 Å². The fourth-order valence-electron chi connectivity index (χ4n) is 14.1. The number of fused-ring (bicyclic) bond motifs is 12. The van der Waals surface area contributed by atoms with Gasteiger partial charge in [-0.1, -0.05) is 140 Å². The first kappa shape index (κ1) is 31.7.